The van der Waals surface area contributed by atoms with Crippen molar-refractivity contribution in [2.24, 2.45) is 0 Å². The zero-order valence-corrected chi connectivity index (χ0v) is 6.37. The average Bonchev–Trinajstić information content (AvgIpc) is 1.35. The van der Waals surface area contributed by atoms with Crippen LogP contribution in [0.1, 0.15) is 0 Å². The second-order valence-corrected chi connectivity index (χ2v) is 3.04. The quantitative estimate of drug-likeness (QED) is 0.410. The molecule has 0 aliphatic rings. The molecule has 0 saturated heterocycles. The zero-order chi connectivity index (χ0) is 5.21. The summed E-state index contributed by atoms with van der Waals surface area (Å²) in [6.45, 7) is 0. The van der Waals surface area contributed by atoms with Gasteiger partial charge in [0.2, 0.25) is 0 Å². The summed E-state index contributed by atoms with van der Waals surface area (Å²) in [5.41, 5.74) is 0. The van der Waals surface area contributed by atoms with Crippen LogP contribution in [0.5, 0.6) is 0 Å². The Balaban J connectivity index is 3.17. The molecular formula is CCl3OTi. The van der Waals surface area contributed by atoms with E-state index in [1.54, 1.807) is 0 Å². The van der Waals surface area contributed by atoms with Gasteiger partial charge in [0.15, 0.2) is 0 Å². The molecule has 0 aromatic carbocycles. The summed E-state index contributed by atoms with van der Waals surface area (Å²) in [7, 11) is 0. The maximum absolute atomic E-state index is 5.03. The van der Waals surface area contributed by atoms with E-state index in [9.17, 15) is 0 Å². The average molecular weight is 182 g/mol. The second-order valence-electron chi connectivity index (χ2n) is 0.548. The Morgan fingerprint density at radius 1 is 1.33 bits per heavy atom. The van der Waals surface area contributed by atoms with Crippen LogP contribution in [0.2, 0.25) is 0 Å². The fourth-order valence-electron chi connectivity index (χ4n) is 0. The predicted octanol–water partition coefficient (Wildman–Crippen LogP) is 1.79. The molecule has 0 unspecified atom stereocenters. The first kappa shape index (κ1) is 7.54. The molecule has 0 aliphatic heterocycles. The van der Waals surface area contributed by atoms with Gasteiger partial charge in [0, 0.05) is 0 Å². The van der Waals surface area contributed by atoms with Gasteiger partial charge in [-0.3, -0.25) is 0 Å². The summed E-state index contributed by atoms with van der Waals surface area (Å²) in [6, 6.07) is 0. The van der Waals surface area contributed by atoms with Crippen LogP contribution in [0.25, 0.3) is 0 Å². The molecule has 0 aromatic heterocycles. The van der Waals surface area contributed by atoms with Crippen molar-refractivity contribution in [3.8, 4) is 0 Å². The van der Waals surface area contributed by atoms with Gasteiger partial charge in [0.05, 0.1) is 0 Å². The summed E-state index contributed by atoms with van der Waals surface area (Å²) < 4.78 is 2.69. The summed E-state index contributed by atoms with van der Waals surface area (Å²) in [4.78, 5) is 0. The molecule has 35 valence electrons. The standard InChI is InChI=1S/CCl3O.Ti/c2-1(3,4)5;/q-1;+1. The third-order valence-electron chi connectivity index (χ3n) is 0.116. The van der Waals surface area contributed by atoms with E-state index in [-0.39, 0.29) is 0 Å². The molecule has 0 radical (unpaired) electrons. The number of halogens is 3. The molecule has 0 aromatic rings. The normalized spacial score (nSPS) is 11.7. The van der Waals surface area contributed by atoms with Crippen molar-refractivity contribution < 1.29 is 24.1 Å². The van der Waals surface area contributed by atoms with Gasteiger partial charge in [-0.1, -0.05) is 0 Å². The Hall–Kier alpha value is 1.54. The minimum absolute atomic E-state index is 1.31. The van der Waals surface area contributed by atoms with Crippen LogP contribution in [0.3, 0.4) is 0 Å². The zero-order valence-electron chi connectivity index (χ0n) is 2.54. The summed E-state index contributed by atoms with van der Waals surface area (Å²) >= 11 is 16.4. The Kier molecular flexibility index (Phi) is 3.46. The van der Waals surface area contributed by atoms with E-state index in [0.29, 0.717) is 0 Å². The number of alkyl halides is 3. The second kappa shape index (κ2) is 2.76. The van der Waals surface area contributed by atoms with Crippen molar-refractivity contribution in [3.63, 3.8) is 0 Å². The molecule has 0 saturated carbocycles. The van der Waals surface area contributed by atoms with Gasteiger partial charge in [-0.25, -0.2) is 0 Å². The number of hydrogen-bond acceptors (Lipinski definition) is 1. The first-order chi connectivity index (χ1) is 2.56. The Bertz CT molecular complexity index is 40.5. The van der Waals surface area contributed by atoms with Crippen molar-refractivity contribution in [1.29, 1.82) is 0 Å². The van der Waals surface area contributed by atoms with Gasteiger partial charge in [0.1, 0.15) is 0 Å². The van der Waals surface area contributed by atoms with Crippen molar-refractivity contribution in [2.75, 3.05) is 0 Å². The molecule has 0 amide bonds. The minimum atomic E-state index is -1.54. The number of rotatable bonds is 0. The summed E-state index contributed by atoms with van der Waals surface area (Å²) in [5, 5.41) is 0. The van der Waals surface area contributed by atoms with E-state index < -0.39 is 3.98 Å². The molecule has 1 nitrogen and oxygen atoms in total. The van der Waals surface area contributed by atoms with E-state index in [4.69, 9.17) is 34.8 Å². The molecule has 0 aliphatic carbocycles. The van der Waals surface area contributed by atoms with Crippen molar-refractivity contribution in [1.82, 2.24) is 0 Å². The van der Waals surface area contributed by atoms with E-state index in [1.807, 2.05) is 0 Å². The van der Waals surface area contributed by atoms with Gasteiger partial charge in [-0.2, -0.15) is 0 Å². The molecule has 0 rings (SSSR count). The van der Waals surface area contributed by atoms with Gasteiger partial charge >= 0.3 is 62.9 Å². The fourth-order valence-corrected chi connectivity index (χ4v) is 0. The molecule has 0 atom stereocenters. The number of hydrogen-bond donors (Lipinski definition) is 0. The van der Waals surface area contributed by atoms with E-state index in [2.05, 4.69) is 3.32 Å². The van der Waals surface area contributed by atoms with Crippen LogP contribution >= 0.6 is 34.8 Å². The SMILES string of the molecule is ClC(Cl)(Cl)[O][Ti]. The molecule has 0 bridgehead atoms. The van der Waals surface area contributed by atoms with Gasteiger partial charge < -0.3 is 0 Å². The van der Waals surface area contributed by atoms with E-state index in [0.717, 1.165) is 0 Å². The van der Waals surface area contributed by atoms with Crippen LogP contribution in [-0.2, 0) is 24.1 Å². The van der Waals surface area contributed by atoms with Crippen LogP contribution in [-0.4, -0.2) is 3.98 Å². The third kappa shape index (κ3) is 5.54. The van der Waals surface area contributed by atoms with Crippen molar-refractivity contribution in [2.45, 2.75) is 3.98 Å². The fraction of sp³-hybridized carbons (Fsp3) is 1.00. The van der Waals surface area contributed by atoms with Crippen LogP contribution in [0.4, 0.5) is 0 Å². The van der Waals surface area contributed by atoms with E-state index >= 15 is 0 Å². The van der Waals surface area contributed by atoms with Crippen molar-refractivity contribution in [3.05, 3.63) is 0 Å². The van der Waals surface area contributed by atoms with Crippen LogP contribution < -0.4 is 0 Å². The van der Waals surface area contributed by atoms with E-state index in [1.165, 1.54) is 20.8 Å². The summed E-state index contributed by atoms with van der Waals surface area (Å²) in [5.74, 6) is 0. The van der Waals surface area contributed by atoms with Crippen LogP contribution in [0, 0.1) is 0 Å². The molecule has 0 heterocycles. The van der Waals surface area contributed by atoms with Crippen LogP contribution in [0.15, 0.2) is 0 Å². The maximum atomic E-state index is 5.03. The first-order valence-electron chi connectivity index (χ1n) is 0.975. The Morgan fingerprint density at radius 3 is 1.50 bits per heavy atom. The molecule has 0 fully saturated rings. The Morgan fingerprint density at radius 2 is 1.50 bits per heavy atom. The predicted molar refractivity (Wildman–Crippen MR) is 21.4 cm³/mol. The molecular weight excluding hydrogens is 182 g/mol. The monoisotopic (exact) mass is 181 g/mol. The first-order valence-corrected chi connectivity index (χ1v) is 2.75. The van der Waals surface area contributed by atoms with Gasteiger partial charge in [0.25, 0.3) is 0 Å². The molecule has 5 heteroatoms. The Labute approximate surface area is 62.8 Å². The molecule has 0 spiro atoms. The molecule has 0 N–H and O–H groups in total. The van der Waals surface area contributed by atoms with Gasteiger partial charge in [-0.05, 0) is 0 Å². The third-order valence-corrected chi connectivity index (χ3v) is 1.43. The van der Waals surface area contributed by atoms with Gasteiger partial charge in [-0.15, -0.1) is 0 Å². The molecule has 6 heavy (non-hydrogen) atoms. The topological polar surface area (TPSA) is 9.23 Å². The summed E-state index contributed by atoms with van der Waals surface area (Å²) in [6.07, 6.45) is 0. The van der Waals surface area contributed by atoms with Crippen molar-refractivity contribution >= 4 is 34.8 Å².